The summed E-state index contributed by atoms with van der Waals surface area (Å²) in [6, 6.07) is 0. The van der Waals surface area contributed by atoms with E-state index in [-0.39, 0.29) is 6.10 Å². The molecule has 0 aromatic heterocycles. The molecular formula is C18H35O2. The molecule has 2 nitrogen and oxygen atoms in total. The second-order valence-electron chi connectivity index (χ2n) is 6.01. The Balaban J connectivity index is 3.04. The van der Waals surface area contributed by atoms with Gasteiger partial charge < -0.3 is 5.11 Å². The van der Waals surface area contributed by atoms with Crippen LogP contribution < -0.4 is 0 Å². The van der Waals surface area contributed by atoms with Gasteiger partial charge >= 0.3 is 0 Å². The van der Waals surface area contributed by atoms with Gasteiger partial charge in [-0.2, -0.15) is 0 Å². The fourth-order valence-electron chi connectivity index (χ4n) is 2.59. The van der Waals surface area contributed by atoms with E-state index in [9.17, 15) is 9.90 Å². The van der Waals surface area contributed by atoms with Gasteiger partial charge in [0.1, 0.15) is 0 Å². The summed E-state index contributed by atoms with van der Waals surface area (Å²) in [5.41, 5.74) is 0. The zero-order valence-electron chi connectivity index (χ0n) is 13.5. The number of carbonyl (C=O) groups excluding carboxylic acids is 1. The summed E-state index contributed by atoms with van der Waals surface area (Å²) >= 11 is 0. The number of aliphatic hydroxyl groups excluding tert-OH is 1. The SMILES string of the molecule is CCCCCCCCCCCCCCC(O)CC[C]=O. The first-order valence-corrected chi connectivity index (χ1v) is 8.84. The Morgan fingerprint density at radius 2 is 1.20 bits per heavy atom. The molecule has 0 spiro atoms. The molecule has 2 heteroatoms. The smallest absolute Gasteiger partial charge is 0.198 e. The predicted octanol–water partition coefficient (Wildman–Crippen LogP) is 5.33. The lowest BCUT2D eigenvalue weighted by atomic mass is 10.0. The standard InChI is InChI=1S/C18H35O2/c1-2-3-4-5-6-7-8-9-10-11-12-13-15-18(20)16-14-17-19/h18,20H,2-16H2,1H3. The molecule has 0 aromatic rings. The van der Waals surface area contributed by atoms with Gasteiger partial charge in [-0.05, 0) is 12.8 Å². The first kappa shape index (κ1) is 19.6. The number of hydrogen-bond donors (Lipinski definition) is 1. The van der Waals surface area contributed by atoms with Crippen LogP contribution in [0.4, 0.5) is 0 Å². The van der Waals surface area contributed by atoms with Crippen LogP contribution in [0.1, 0.15) is 103 Å². The van der Waals surface area contributed by atoms with Crippen LogP contribution in [0, 0.1) is 0 Å². The van der Waals surface area contributed by atoms with Crippen molar-refractivity contribution in [2.24, 2.45) is 0 Å². The molecule has 0 saturated carbocycles. The molecule has 0 aliphatic rings. The summed E-state index contributed by atoms with van der Waals surface area (Å²) in [6.07, 6.45) is 19.5. The number of unbranched alkanes of at least 4 members (excludes halogenated alkanes) is 11. The molecular weight excluding hydrogens is 248 g/mol. The molecule has 1 radical (unpaired) electrons. The lowest BCUT2D eigenvalue weighted by Crippen LogP contribution is -2.06. The van der Waals surface area contributed by atoms with E-state index in [0.29, 0.717) is 12.8 Å². The van der Waals surface area contributed by atoms with Crippen LogP contribution in [0.2, 0.25) is 0 Å². The third-order valence-electron chi connectivity index (χ3n) is 3.97. The van der Waals surface area contributed by atoms with E-state index in [1.807, 2.05) is 6.29 Å². The largest absolute Gasteiger partial charge is 0.393 e. The Labute approximate surface area is 126 Å². The molecule has 0 heterocycles. The average Bonchev–Trinajstić information content (AvgIpc) is 2.46. The molecule has 0 rings (SSSR count). The van der Waals surface area contributed by atoms with Crippen LogP contribution in [-0.4, -0.2) is 17.5 Å². The lowest BCUT2D eigenvalue weighted by Gasteiger charge is -2.08. The predicted molar refractivity (Wildman–Crippen MR) is 86.6 cm³/mol. The maximum Gasteiger partial charge on any atom is 0.198 e. The minimum absolute atomic E-state index is 0.292. The maximum absolute atomic E-state index is 10.0. The van der Waals surface area contributed by atoms with Crippen molar-refractivity contribution in [2.45, 2.75) is 109 Å². The third-order valence-corrected chi connectivity index (χ3v) is 3.97. The minimum atomic E-state index is -0.292. The summed E-state index contributed by atoms with van der Waals surface area (Å²) in [5, 5.41) is 9.56. The maximum atomic E-state index is 10.0. The highest BCUT2D eigenvalue weighted by Gasteiger charge is 2.03. The van der Waals surface area contributed by atoms with E-state index < -0.39 is 0 Å². The number of rotatable bonds is 16. The van der Waals surface area contributed by atoms with Crippen molar-refractivity contribution in [3.63, 3.8) is 0 Å². The Bertz CT molecular complexity index is 192. The highest BCUT2D eigenvalue weighted by atomic mass is 16.3. The molecule has 0 saturated heterocycles. The molecule has 0 fully saturated rings. The van der Waals surface area contributed by atoms with Gasteiger partial charge in [0.15, 0.2) is 6.29 Å². The van der Waals surface area contributed by atoms with Crippen molar-refractivity contribution < 1.29 is 9.90 Å². The molecule has 1 N–H and O–H groups in total. The third kappa shape index (κ3) is 15.7. The topological polar surface area (TPSA) is 37.3 Å². The van der Waals surface area contributed by atoms with E-state index >= 15 is 0 Å². The molecule has 0 bridgehead atoms. The normalized spacial score (nSPS) is 12.5. The second-order valence-corrected chi connectivity index (χ2v) is 6.01. The van der Waals surface area contributed by atoms with Gasteiger partial charge in [-0.1, -0.05) is 84.0 Å². The minimum Gasteiger partial charge on any atom is -0.393 e. The van der Waals surface area contributed by atoms with Crippen molar-refractivity contribution in [3.05, 3.63) is 0 Å². The van der Waals surface area contributed by atoms with Gasteiger partial charge in [-0.15, -0.1) is 0 Å². The molecule has 0 aliphatic carbocycles. The van der Waals surface area contributed by atoms with Crippen LogP contribution in [0.25, 0.3) is 0 Å². The number of aliphatic hydroxyl groups is 1. The van der Waals surface area contributed by atoms with Gasteiger partial charge in [0.05, 0.1) is 6.10 Å². The first-order chi connectivity index (χ1) is 9.81. The van der Waals surface area contributed by atoms with E-state index in [1.54, 1.807) is 0 Å². The fourth-order valence-corrected chi connectivity index (χ4v) is 2.59. The zero-order chi connectivity index (χ0) is 14.9. The van der Waals surface area contributed by atoms with Gasteiger partial charge in [-0.3, -0.25) is 4.79 Å². The van der Waals surface area contributed by atoms with Gasteiger partial charge in [0.25, 0.3) is 0 Å². The van der Waals surface area contributed by atoms with Gasteiger partial charge in [0, 0.05) is 6.42 Å². The highest BCUT2D eigenvalue weighted by Crippen LogP contribution is 2.13. The van der Waals surface area contributed by atoms with E-state index in [4.69, 9.17) is 0 Å². The first-order valence-electron chi connectivity index (χ1n) is 8.84. The van der Waals surface area contributed by atoms with E-state index in [0.717, 1.165) is 12.8 Å². The Morgan fingerprint density at radius 1 is 0.750 bits per heavy atom. The average molecular weight is 283 g/mol. The quantitative estimate of drug-likeness (QED) is 0.389. The fraction of sp³-hybridized carbons (Fsp3) is 0.944. The summed E-state index contributed by atoms with van der Waals surface area (Å²) in [5.74, 6) is 0. The molecule has 0 aromatic carbocycles. The molecule has 0 amide bonds. The van der Waals surface area contributed by atoms with Gasteiger partial charge in [-0.25, -0.2) is 0 Å². The van der Waals surface area contributed by atoms with Crippen molar-refractivity contribution in [1.82, 2.24) is 0 Å². The van der Waals surface area contributed by atoms with Crippen LogP contribution in [0.5, 0.6) is 0 Å². The molecule has 1 atom stereocenters. The molecule has 20 heavy (non-hydrogen) atoms. The molecule has 0 aliphatic heterocycles. The van der Waals surface area contributed by atoms with Crippen molar-refractivity contribution >= 4 is 6.29 Å². The Morgan fingerprint density at radius 3 is 1.65 bits per heavy atom. The van der Waals surface area contributed by atoms with Crippen LogP contribution in [0.15, 0.2) is 0 Å². The van der Waals surface area contributed by atoms with Crippen molar-refractivity contribution in [3.8, 4) is 0 Å². The monoisotopic (exact) mass is 283 g/mol. The summed E-state index contributed by atoms with van der Waals surface area (Å²) in [7, 11) is 0. The Kier molecular flexibility index (Phi) is 16.4. The van der Waals surface area contributed by atoms with Crippen LogP contribution >= 0.6 is 0 Å². The Hall–Kier alpha value is -0.370. The van der Waals surface area contributed by atoms with E-state index in [2.05, 4.69) is 6.92 Å². The van der Waals surface area contributed by atoms with E-state index in [1.165, 1.54) is 70.6 Å². The summed E-state index contributed by atoms with van der Waals surface area (Å²) in [6.45, 7) is 2.26. The van der Waals surface area contributed by atoms with Crippen LogP contribution in [-0.2, 0) is 4.79 Å². The lowest BCUT2D eigenvalue weighted by molar-refractivity contribution is 0.153. The molecule has 119 valence electrons. The van der Waals surface area contributed by atoms with Crippen molar-refractivity contribution in [1.29, 1.82) is 0 Å². The molecule has 1 unspecified atom stereocenters. The summed E-state index contributed by atoms with van der Waals surface area (Å²) in [4.78, 5) is 10.0. The van der Waals surface area contributed by atoms with Crippen LogP contribution in [0.3, 0.4) is 0 Å². The van der Waals surface area contributed by atoms with Gasteiger partial charge in [0.2, 0.25) is 0 Å². The highest BCUT2D eigenvalue weighted by molar-refractivity contribution is 5.50. The second kappa shape index (κ2) is 16.7. The zero-order valence-corrected chi connectivity index (χ0v) is 13.5. The van der Waals surface area contributed by atoms with Crippen molar-refractivity contribution in [2.75, 3.05) is 0 Å². The number of hydrogen-bond acceptors (Lipinski definition) is 2. The summed E-state index contributed by atoms with van der Waals surface area (Å²) < 4.78 is 0.